The van der Waals surface area contributed by atoms with Crippen LogP contribution < -0.4 is 10.6 Å². The van der Waals surface area contributed by atoms with Crippen LogP contribution in [0.25, 0.3) is 0 Å². The molecule has 0 aromatic heterocycles. The molecule has 0 aliphatic heterocycles. The van der Waals surface area contributed by atoms with E-state index < -0.39 is 41.8 Å². The molecule has 41 heavy (non-hydrogen) atoms. The lowest BCUT2D eigenvalue weighted by atomic mass is 9.94. The number of rotatable bonds is 21. The topological polar surface area (TPSA) is 122 Å². The number of carboxylic acid groups (broad SMARTS) is 1. The number of hydrogen-bond donors (Lipinski definition) is 3. The molecule has 232 valence electrons. The first-order valence-corrected chi connectivity index (χ1v) is 15.2. The third-order valence-corrected chi connectivity index (χ3v) is 7.54. The van der Waals surface area contributed by atoms with Crippen LogP contribution in [0.3, 0.4) is 0 Å². The molecular formula is C32H51FN2O6. The number of esters is 1. The van der Waals surface area contributed by atoms with Crippen LogP contribution in [0, 0.1) is 17.7 Å². The minimum Gasteiger partial charge on any atom is -0.480 e. The quantitative estimate of drug-likeness (QED) is 0.122. The molecule has 0 fully saturated rings. The van der Waals surface area contributed by atoms with Gasteiger partial charge >= 0.3 is 11.9 Å². The number of benzene rings is 1. The van der Waals surface area contributed by atoms with Gasteiger partial charge in [-0.15, -0.1) is 0 Å². The molecule has 0 saturated carbocycles. The number of hydrogen-bond acceptors (Lipinski definition) is 5. The molecule has 1 aromatic carbocycles. The van der Waals surface area contributed by atoms with Crippen LogP contribution in [0.1, 0.15) is 111 Å². The molecule has 3 N–H and O–H groups in total. The maximum atomic E-state index is 14.4. The number of carbonyl (C=O) groups is 4. The Labute approximate surface area is 245 Å². The summed E-state index contributed by atoms with van der Waals surface area (Å²) in [6.45, 7) is 9.42. The summed E-state index contributed by atoms with van der Waals surface area (Å²) in [5.41, 5.74) is 0.208. The molecule has 0 radical (unpaired) electrons. The molecule has 0 aliphatic carbocycles. The summed E-state index contributed by atoms with van der Waals surface area (Å²) in [7, 11) is 0. The Morgan fingerprint density at radius 3 is 2.15 bits per heavy atom. The summed E-state index contributed by atoms with van der Waals surface area (Å²) in [6, 6.07) is 3.49. The average molecular weight is 579 g/mol. The SMILES string of the molecule is CCCCCCCCCC(C)[C@H](CC(=O)NC(Cc1ccccc1F)C(=O)N[C@@H](C)C(=O)O)OC(=O)C[C@@H](C)CC. The number of carboxylic acids is 1. The lowest BCUT2D eigenvalue weighted by Gasteiger charge is -2.26. The first-order chi connectivity index (χ1) is 19.5. The number of carbonyl (C=O) groups excluding carboxylic acids is 3. The molecule has 9 heteroatoms. The van der Waals surface area contributed by atoms with Crippen LogP contribution in [-0.2, 0) is 30.3 Å². The van der Waals surface area contributed by atoms with Crippen molar-refractivity contribution in [3.63, 3.8) is 0 Å². The van der Waals surface area contributed by atoms with Crippen molar-refractivity contribution in [2.45, 2.75) is 130 Å². The first-order valence-electron chi connectivity index (χ1n) is 15.2. The fraction of sp³-hybridized carbons (Fsp3) is 0.688. The van der Waals surface area contributed by atoms with Crippen molar-refractivity contribution in [1.29, 1.82) is 0 Å². The van der Waals surface area contributed by atoms with Crippen molar-refractivity contribution in [2.24, 2.45) is 11.8 Å². The van der Waals surface area contributed by atoms with E-state index in [9.17, 15) is 28.7 Å². The standard InChI is InChI=1S/C32H51FN2O6/c1-6-8-9-10-11-12-13-16-23(4)28(41-30(37)19-22(3)7-2)21-29(36)35-27(31(38)34-24(5)32(39)40)20-25-17-14-15-18-26(25)33/h14-15,17-18,22-24,27-28H,6-13,16,19-21H2,1-5H3,(H,34,38)(H,35,36)(H,39,40)/t22-,23?,24-,27?,28-/m0/s1. The minimum absolute atomic E-state index is 0.0804. The second-order valence-corrected chi connectivity index (χ2v) is 11.3. The molecule has 0 bridgehead atoms. The summed E-state index contributed by atoms with van der Waals surface area (Å²) in [6.07, 6.45) is 8.92. The Hall–Kier alpha value is -2.97. The third kappa shape index (κ3) is 15.0. The Balaban J connectivity index is 2.96. The van der Waals surface area contributed by atoms with Gasteiger partial charge in [-0.25, -0.2) is 4.39 Å². The molecule has 0 aliphatic rings. The number of halogens is 1. The van der Waals surface area contributed by atoms with Gasteiger partial charge in [-0.2, -0.15) is 0 Å². The zero-order valence-electron chi connectivity index (χ0n) is 25.5. The molecule has 8 nitrogen and oxygen atoms in total. The summed E-state index contributed by atoms with van der Waals surface area (Å²) < 4.78 is 20.2. The van der Waals surface area contributed by atoms with E-state index in [1.807, 2.05) is 20.8 Å². The van der Waals surface area contributed by atoms with E-state index in [-0.39, 0.29) is 42.6 Å². The summed E-state index contributed by atoms with van der Waals surface area (Å²) in [4.78, 5) is 50.1. The normalized spacial score (nSPS) is 14.8. The molecule has 5 atom stereocenters. The van der Waals surface area contributed by atoms with Gasteiger partial charge in [-0.05, 0) is 36.8 Å². The smallest absolute Gasteiger partial charge is 0.325 e. The van der Waals surface area contributed by atoms with Crippen LogP contribution in [-0.4, -0.2) is 47.0 Å². The summed E-state index contributed by atoms with van der Waals surface area (Å²) in [5, 5.41) is 14.2. The number of amides is 2. The Morgan fingerprint density at radius 1 is 0.902 bits per heavy atom. The van der Waals surface area contributed by atoms with Crippen molar-refractivity contribution < 1.29 is 33.4 Å². The van der Waals surface area contributed by atoms with Crippen LogP contribution >= 0.6 is 0 Å². The zero-order valence-corrected chi connectivity index (χ0v) is 25.5. The Bertz CT molecular complexity index is 956. The first kappa shape index (κ1) is 36.1. The number of aliphatic carboxylic acids is 1. The second-order valence-electron chi connectivity index (χ2n) is 11.3. The molecule has 2 amide bonds. The molecule has 0 saturated heterocycles. The lowest BCUT2D eigenvalue weighted by molar-refractivity contribution is -0.154. The van der Waals surface area contributed by atoms with Gasteiger partial charge in [0, 0.05) is 12.8 Å². The summed E-state index contributed by atoms with van der Waals surface area (Å²) in [5.74, 6) is -3.33. The highest BCUT2D eigenvalue weighted by Gasteiger charge is 2.29. The van der Waals surface area contributed by atoms with Gasteiger partial charge < -0.3 is 20.5 Å². The minimum atomic E-state index is -1.23. The monoisotopic (exact) mass is 578 g/mol. The van der Waals surface area contributed by atoms with E-state index in [0.29, 0.717) is 0 Å². The molecular weight excluding hydrogens is 527 g/mol. The van der Waals surface area contributed by atoms with E-state index in [0.717, 1.165) is 32.1 Å². The van der Waals surface area contributed by atoms with Gasteiger partial charge in [0.25, 0.3) is 0 Å². The van der Waals surface area contributed by atoms with Gasteiger partial charge in [0.05, 0.1) is 6.42 Å². The third-order valence-electron chi connectivity index (χ3n) is 7.54. The zero-order chi connectivity index (χ0) is 30.8. The fourth-order valence-corrected chi connectivity index (χ4v) is 4.52. The van der Waals surface area contributed by atoms with E-state index in [4.69, 9.17) is 4.74 Å². The largest absolute Gasteiger partial charge is 0.480 e. The van der Waals surface area contributed by atoms with E-state index in [2.05, 4.69) is 17.6 Å². The van der Waals surface area contributed by atoms with Gasteiger partial charge in [-0.1, -0.05) is 97.3 Å². The van der Waals surface area contributed by atoms with Crippen molar-refractivity contribution in [1.82, 2.24) is 10.6 Å². The van der Waals surface area contributed by atoms with Crippen molar-refractivity contribution in [2.75, 3.05) is 0 Å². The molecule has 1 aromatic rings. The maximum Gasteiger partial charge on any atom is 0.325 e. The van der Waals surface area contributed by atoms with Crippen LogP contribution in [0.4, 0.5) is 4.39 Å². The van der Waals surface area contributed by atoms with Gasteiger partial charge in [-0.3, -0.25) is 19.2 Å². The maximum absolute atomic E-state index is 14.4. The average Bonchev–Trinajstić information content (AvgIpc) is 2.92. The van der Waals surface area contributed by atoms with E-state index in [1.54, 1.807) is 6.07 Å². The van der Waals surface area contributed by atoms with Crippen LogP contribution in [0.15, 0.2) is 24.3 Å². The van der Waals surface area contributed by atoms with Crippen molar-refractivity contribution in [3.8, 4) is 0 Å². The van der Waals surface area contributed by atoms with Crippen LogP contribution in [0.5, 0.6) is 0 Å². The Morgan fingerprint density at radius 2 is 1.54 bits per heavy atom. The molecule has 0 spiro atoms. The van der Waals surface area contributed by atoms with E-state index in [1.165, 1.54) is 50.8 Å². The molecule has 2 unspecified atom stereocenters. The van der Waals surface area contributed by atoms with Crippen molar-refractivity contribution in [3.05, 3.63) is 35.6 Å². The van der Waals surface area contributed by atoms with Crippen molar-refractivity contribution >= 4 is 23.8 Å². The highest BCUT2D eigenvalue weighted by Crippen LogP contribution is 2.22. The van der Waals surface area contributed by atoms with Gasteiger partial charge in [0.1, 0.15) is 24.0 Å². The molecule has 1 rings (SSSR count). The number of ether oxygens (including phenoxy) is 1. The van der Waals surface area contributed by atoms with Gasteiger partial charge in [0.2, 0.25) is 11.8 Å². The fourth-order valence-electron chi connectivity index (χ4n) is 4.52. The Kier molecular flexibility index (Phi) is 17.6. The van der Waals surface area contributed by atoms with E-state index >= 15 is 0 Å². The van der Waals surface area contributed by atoms with Crippen LogP contribution in [0.2, 0.25) is 0 Å². The lowest BCUT2D eigenvalue weighted by Crippen LogP contribution is -2.52. The number of nitrogens with one attached hydrogen (secondary N) is 2. The predicted octanol–water partition coefficient (Wildman–Crippen LogP) is 5.96. The molecule has 0 heterocycles. The summed E-state index contributed by atoms with van der Waals surface area (Å²) >= 11 is 0. The predicted molar refractivity (Wildman–Crippen MR) is 158 cm³/mol. The second kappa shape index (κ2) is 20.0. The highest BCUT2D eigenvalue weighted by molar-refractivity contribution is 5.90. The number of unbranched alkanes of at least 4 members (excludes halogenated alkanes) is 6. The van der Waals surface area contributed by atoms with Gasteiger partial charge in [0.15, 0.2) is 0 Å². The highest BCUT2D eigenvalue weighted by atomic mass is 19.1.